The van der Waals surface area contributed by atoms with Gasteiger partial charge in [-0.1, -0.05) is 23.7 Å². The van der Waals surface area contributed by atoms with Gasteiger partial charge in [-0.05, 0) is 69.0 Å². The van der Waals surface area contributed by atoms with Crippen molar-refractivity contribution in [2.75, 3.05) is 51.2 Å². The summed E-state index contributed by atoms with van der Waals surface area (Å²) in [4.78, 5) is 15.6. The fourth-order valence-electron chi connectivity index (χ4n) is 6.57. The number of aromatic nitrogens is 2. The molecule has 36 heavy (non-hydrogen) atoms. The number of halogens is 2. The first-order valence-electron chi connectivity index (χ1n) is 13.0. The van der Waals surface area contributed by atoms with Crippen LogP contribution in [0.1, 0.15) is 36.8 Å². The van der Waals surface area contributed by atoms with E-state index in [0.29, 0.717) is 23.0 Å². The van der Waals surface area contributed by atoms with E-state index < -0.39 is 5.82 Å². The second kappa shape index (κ2) is 9.33. The molecule has 0 radical (unpaired) electrons. The molecule has 188 valence electrons. The minimum atomic E-state index is -0.430. The van der Waals surface area contributed by atoms with Crippen LogP contribution in [0.25, 0.3) is 11.0 Å². The Morgan fingerprint density at radius 2 is 2.08 bits per heavy atom. The molecule has 2 heterocycles. The van der Waals surface area contributed by atoms with Crippen LogP contribution in [-0.4, -0.2) is 72.1 Å². The van der Waals surface area contributed by atoms with Crippen molar-refractivity contribution in [2.24, 2.45) is 5.92 Å². The summed E-state index contributed by atoms with van der Waals surface area (Å²) in [5.41, 5.74) is 3.57. The Morgan fingerprint density at radius 1 is 1.25 bits per heavy atom. The van der Waals surface area contributed by atoms with E-state index in [4.69, 9.17) is 16.6 Å². The summed E-state index contributed by atoms with van der Waals surface area (Å²) < 4.78 is 14.1. The van der Waals surface area contributed by atoms with Crippen LogP contribution in [0, 0.1) is 23.1 Å². The topological polar surface area (TPSA) is 62.2 Å². The lowest BCUT2D eigenvalue weighted by Crippen LogP contribution is -2.45. The van der Waals surface area contributed by atoms with Gasteiger partial charge in [-0.2, -0.15) is 5.26 Å². The van der Waals surface area contributed by atoms with Crippen molar-refractivity contribution in [1.29, 1.82) is 5.26 Å². The van der Waals surface area contributed by atoms with Crippen LogP contribution in [0.3, 0.4) is 0 Å². The average Bonchev–Trinajstić information content (AvgIpc) is 3.31. The lowest BCUT2D eigenvalue weighted by molar-refractivity contribution is 0.153. The third-order valence-corrected chi connectivity index (χ3v) is 8.99. The molecular weight excluding hydrogens is 475 g/mol. The Bertz CT molecular complexity index is 1270. The summed E-state index contributed by atoms with van der Waals surface area (Å²) in [7, 11) is 2.18. The molecule has 2 aliphatic carbocycles. The van der Waals surface area contributed by atoms with Gasteiger partial charge in [0.2, 0.25) is 5.95 Å². The Kier molecular flexibility index (Phi) is 6.15. The van der Waals surface area contributed by atoms with E-state index in [2.05, 4.69) is 44.9 Å². The highest BCUT2D eigenvalue weighted by Crippen LogP contribution is 2.65. The average molecular weight is 507 g/mol. The number of H-pyrrole nitrogens is 1. The van der Waals surface area contributed by atoms with Gasteiger partial charge in [-0.25, -0.2) is 9.37 Å². The lowest BCUT2D eigenvalue weighted by atomic mass is 9.92. The second-order valence-electron chi connectivity index (χ2n) is 10.8. The molecule has 1 saturated heterocycles. The molecule has 3 aromatic rings. The van der Waals surface area contributed by atoms with Crippen molar-refractivity contribution < 1.29 is 4.39 Å². The number of benzene rings is 2. The summed E-state index contributed by atoms with van der Waals surface area (Å²) in [6.45, 7) is 6.44. The third kappa shape index (κ3) is 4.26. The molecule has 6 nitrogen and oxygen atoms in total. The van der Waals surface area contributed by atoms with Gasteiger partial charge in [0.1, 0.15) is 5.82 Å². The first-order valence-corrected chi connectivity index (χ1v) is 13.4. The molecule has 1 aliphatic heterocycles. The normalized spacial score (nSPS) is 26.2. The number of aromatic amines is 1. The number of rotatable bonds is 7. The number of anilines is 1. The molecule has 0 spiro atoms. The summed E-state index contributed by atoms with van der Waals surface area (Å²) in [6.07, 6.45) is 4.40. The molecule has 2 aromatic carbocycles. The van der Waals surface area contributed by atoms with Crippen LogP contribution >= 0.6 is 11.6 Å². The molecule has 1 aromatic heterocycles. The van der Waals surface area contributed by atoms with Crippen molar-refractivity contribution in [3.63, 3.8) is 0 Å². The molecule has 1 unspecified atom stereocenters. The number of hydrogen-bond donors (Lipinski definition) is 1. The van der Waals surface area contributed by atoms with E-state index in [0.717, 1.165) is 76.5 Å². The van der Waals surface area contributed by atoms with Gasteiger partial charge < -0.3 is 19.7 Å². The standard InChI is InChI=1S/C28H32ClFN6/c1-34-10-12-35(13-11-34)8-3-9-36(27-32-24-15-22(29)23(30)16-25(24)33-27)26-6-7-28(17-21(26)28)20-5-2-4-19(14-20)18-31/h2,4-5,14-16,21,26H,3,6-13,17H2,1H3,(H,32,33)/t21?,26-,28-/m1/s1. The minimum Gasteiger partial charge on any atom is -0.339 e. The predicted molar refractivity (Wildman–Crippen MR) is 141 cm³/mol. The summed E-state index contributed by atoms with van der Waals surface area (Å²) in [6, 6.07) is 13.9. The molecule has 0 bridgehead atoms. The number of fused-ring (bicyclic) bond motifs is 2. The molecule has 2 saturated carbocycles. The minimum absolute atomic E-state index is 0.0987. The first kappa shape index (κ1) is 23.7. The van der Waals surface area contributed by atoms with Crippen molar-refractivity contribution in [3.8, 4) is 6.07 Å². The van der Waals surface area contributed by atoms with Crippen LogP contribution < -0.4 is 4.90 Å². The molecule has 6 rings (SSSR count). The summed E-state index contributed by atoms with van der Waals surface area (Å²) >= 11 is 6.05. The molecule has 3 fully saturated rings. The van der Waals surface area contributed by atoms with E-state index in [-0.39, 0.29) is 10.4 Å². The number of hydrogen-bond acceptors (Lipinski definition) is 5. The fourth-order valence-corrected chi connectivity index (χ4v) is 6.73. The highest BCUT2D eigenvalue weighted by Gasteiger charge is 2.63. The zero-order chi connectivity index (χ0) is 24.9. The van der Waals surface area contributed by atoms with Gasteiger partial charge in [0.05, 0.1) is 27.7 Å². The van der Waals surface area contributed by atoms with Gasteiger partial charge in [0.25, 0.3) is 0 Å². The number of likely N-dealkylation sites (N-methyl/N-ethyl adjacent to an activating group) is 1. The molecule has 3 atom stereocenters. The number of nitrogens with one attached hydrogen (secondary N) is 1. The lowest BCUT2D eigenvalue weighted by Gasteiger charge is -2.34. The molecule has 0 amide bonds. The summed E-state index contributed by atoms with van der Waals surface area (Å²) in [5, 5.41) is 9.50. The fraction of sp³-hybridized carbons (Fsp3) is 0.500. The highest BCUT2D eigenvalue weighted by molar-refractivity contribution is 6.31. The van der Waals surface area contributed by atoms with Crippen molar-refractivity contribution in [3.05, 3.63) is 58.4 Å². The Hall–Kier alpha value is -2.66. The monoisotopic (exact) mass is 506 g/mol. The van der Waals surface area contributed by atoms with Crippen LogP contribution in [0.5, 0.6) is 0 Å². The SMILES string of the molecule is CN1CCN(CCCN(c2nc3cc(Cl)c(F)cc3[nH]2)[C@@H]2CC[C@]3(c4cccc(C#N)c4)CC23)CC1. The van der Waals surface area contributed by atoms with Crippen LogP contribution in [0.4, 0.5) is 10.3 Å². The van der Waals surface area contributed by atoms with Gasteiger partial charge in [0.15, 0.2) is 0 Å². The van der Waals surface area contributed by atoms with Gasteiger partial charge in [0, 0.05) is 50.2 Å². The van der Waals surface area contributed by atoms with E-state index in [1.807, 2.05) is 12.1 Å². The van der Waals surface area contributed by atoms with E-state index in [9.17, 15) is 9.65 Å². The maximum absolute atomic E-state index is 14.1. The van der Waals surface area contributed by atoms with Gasteiger partial charge in [-0.15, -0.1) is 0 Å². The first-order chi connectivity index (χ1) is 17.5. The zero-order valence-corrected chi connectivity index (χ0v) is 21.4. The van der Waals surface area contributed by atoms with Gasteiger partial charge in [-0.3, -0.25) is 0 Å². The van der Waals surface area contributed by atoms with E-state index in [1.165, 1.54) is 11.6 Å². The van der Waals surface area contributed by atoms with Crippen LogP contribution in [0.2, 0.25) is 5.02 Å². The van der Waals surface area contributed by atoms with Crippen LogP contribution in [-0.2, 0) is 5.41 Å². The molecule has 1 N–H and O–H groups in total. The maximum atomic E-state index is 14.1. The van der Waals surface area contributed by atoms with Crippen molar-refractivity contribution in [2.45, 2.75) is 37.1 Å². The van der Waals surface area contributed by atoms with Gasteiger partial charge >= 0.3 is 0 Å². The Labute approximate surface area is 216 Å². The number of nitrogens with zero attached hydrogens (tertiary/aromatic N) is 5. The van der Waals surface area contributed by atoms with E-state index in [1.54, 1.807) is 6.07 Å². The predicted octanol–water partition coefficient (Wildman–Crippen LogP) is 4.79. The Morgan fingerprint density at radius 3 is 2.86 bits per heavy atom. The highest BCUT2D eigenvalue weighted by atomic mass is 35.5. The smallest absolute Gasteiger partial charge is 0.204 e. The zero-order valence-electron chi connectivity index (χ0n) is 20.7. The second-order valence-corrected chi connectivity index (χ2v) is 11.2. The molecular formula is C28H32ClFN6. The van der Waals surface area contributed by atoms with Crippen molar-refractivity contribution >= 4 is 28.6 Å². The quantitative estimate of drug-likeness (QED) is 0.499. The molecule has 3 aliphatic rings. The van der Waals surface area contributed by atoms with Crippen molar-refractivity contribution in [1.82, 2.24) is 19.8 Å². The van der Waals surface area contributed by atoms with E-state index >= 15 is 0 Å². The number of imidazole rings is 1. The molecule has 8 heteroatoms. The number of nitriles is 1. The van der Waals surface area contributed by atoms with Crippen LogP contribution in [0.15, 0.2) is 36.4 Å². The third-order valence-electron chi connectivity index (χ3n) is 8.70. The number of piperazine rings is 1. The summed E-state index contributed by atoms with van der Waals surface area (Å²) in [5.74, 6) is 0.910. The largest absolute Gasteiger partial charge is 0.339 e. The maximum Gasteiger partial charge on any atom is 0.204 e. The Balaban J connectivity index is 1.25.